The van der Waals surface area contributed by atoms with Gasteiger partial charge in [-0.25, -0.2) is 0 Å². The van der Waals surface area contributed by atoms with Gasteiger partial charge >= 0.3 is 0 Å². The van der Waals surface area contributed by atoms with Crippen LogP contribution >= 0.6 is 0 Å². The molecular formula is C22H26NO2+. The Bertz CT molecular complexity index is 719. The van der Waals surface area contributed by atoms with E-state index in [0.29, 0.717) is 0 Å². The zero-order chi connectivity index (χ0) is 17.5. The third-order valence-corrected chi connectivity index (χ3v) is 4.69. The molecule has 0 radical (unpaired) electrons. The SMILES string of the molecule is COc1ccc(/C=C/C2=CC[NH+](C[C@H](O)c3ccccc3)CC2)cc1. The summed E-state index contributed by atoms with van der Waals surface area (Å²) in [5.74, 6) is 0.880. The topological polar surface area (TPSA) is 33.9 Å². The molecule has 2 aromatic rings. The monoisotopic (exact) mass is 336 g/mol. The first kappa shape index (κ1) is 17.5. The molecule has 0 amide bonds. The van der Waals surface area contributed by atoms with Crippen molar-refractivity contribution in [2.45, 2.75) is 12.5 Å². The highest BCUT2D eigenvalue weighted by Gasteiger charge is 2.18. The molecule has 3 nitrogen and oxygen atoms in total. The van der Waals surface area contributed by atoms with E-state index in [1.165, 1.54) is 16.0 Å². The van der Waals surface area contributed by atoms with Gasteiger partial charge in [-0.3, -0.25) is 0 Å². The van der Waals surface area contributed by atoms with Crippen LogP contribution in [0.3, 0.4) is 0 Å². The molecule has 1 heterocycles. The number of hydrogen-bond acceptors (Lipinski definition) is 2. The van der Waals surface area contributed by atoms with Gasteiger partial charge in [-0.05, 0) is 34.9 Å². The third kappa shape index (κ3) is 5.05. The molecule has 2 atom stereocenters. The average Bonchev–Trinajstić information content (AvgIpc) is 2.68. The fourth-order valence-corrected chi connectivity index (χ4v) is 3.12. The van der Waals surface area contributed by atoms with Gasteiger partial charge in [0, 0.05) is 6.42 Å². The summed E-state index contributed by atoms with van der Waals surface area (Å²) >= 11 is 0. The van der Waals surface area contributed by atoms with Crippen LogP contribution in [0.1, 0.15) is 23.7 Å². The lowest BCUT2D eigenvalue weighted by Gasteiger charge is -2.25. The molecule has 1 unspecified atom stereocenters. The number of hydrogen-bond donors (Lipinski definition) is 2. The molecule has 25 heavy (non-hydrogen) atoms. The van der Waals surface area contributed by atoms with Gasteiger partial charge in [-0.2, -0.15) is 0 Å². The highest BCUT2D eigenvalue weighted by molar-refractivity contribution is 5.54. The molecule has 0 fully saturated rings. The number of nitrogens with one attached hydrogen (secondary N) is 1. The van der Waals surface area contributed by atoms with Crippen LogP contribution in [0.2, 0.25) is 0 Å². The second kappa shape index (κ2) is 8.65. The maximum absolute atomic E-state index is 10.4. The number of aliphatic hydroxyl groups is 1. The molecule has 1 aliphatic heterocycles. The number of rotatable bonds is 6. The van der Waals surface area contributed by atoms with Crippen LogP contribution in [-0.2, 0) is 0 Å². The van der Waals surface area contributed by atoms with Crippen molar-refractivity contribution < 1.29 is 14.7 Å². The zero-order valence-electron chi connectivity index (χ0n) is 14.7. The lowest BCUT2D eigenvalue weighted by molar-refractivity contribution is -0.899. The van der Waals surface area contributed by atoms with Crippen LogP contribution in [0, 0.1) is 0 Å². The Morgan fingerprint density at radius 3 is 2.48 bits per heavy atom. The van der Waals surface area contributed by atoms with Crippen LogP contribution in [0.4, 0.5) is 0 Å². The van der Waals surface area contributed by atoms with E-state index in [-0.39, 0.29) is 6.10 Å². The Morgan fingerprint density at radius 1 is 1.08 bits per heavy atom. The maximum Gasteiger partial charge on any atom is 0.128 e. The second-order valence-corrected chi connectivity index (χ2v) is 6.47. The molecule has 0 saturated heterocycles. The summed E-state index contributed by atoms with van der Waals surface area (Å²) in [6.07, 6.45) is 7.29. The van der Waals surface area contributed by atoms with E-state index in [2.05, 4.69) is 30.4 Å². The number of allylic oxidation sites excluding steroid dienone is 1. The third-order valence-electron chi connectivity index (χ3n) is 4.69. The molecule has 0 aromatic heterocycles. The first-order valence-corrected chi connectivity index (χ1v) is 8.82. The summed E-state index contributed by atoms with van der Waals surface area (Å²) in [7, 11) is 1.68. The van der Waals surface area contributed by atoms with Crippen molar-refractivity contribution in [1.29, 1.82) is 0 Å². The number of methoxy groups -OCH3 is 1. The van der Waals surface area contributed by atoms with E-state index in [1.54, 1.807) is 7.11 Å². The van der Waals surface area contributed by atoms with Gasteiger partial charge in [-0.1, -0.05) is 54.6 Å². The Morgan fingerprint density at radius 2 is 1.84 bits per heavy atom. The smallest absolute Gasteiger partial charge is 0.128 e. The molecule has 2 N–H and O–H groups in total. The van der Waals surface area contributed by atoms with Crippen molar-refractivity contribution in [3.05, 3.63) is 83.4 Å². The molecule has 0 saturated carbocycles. The van der Waals surface area contributed by atoms with Crippen LogP contribution in [0.5, 0.6) is 5.75 Å². The number of quaternary nitrogens is 1. The molecule has 2 aromatic carbocycles. The van der Waals surface area contributed by atoms with Crippen LogP contribution in [0.15, 0.2) is 72.3 Å². The summed E-state index contributed by atoms with van der Waals surface area (Å²) in [6.45, 7) is 2.78. The molecular weight excluding hydrogens is 310 g/mol. The van der Waals surface area contributed by atoms with Crippen molar-refractivity contribution in [2.75, 3.05) is 26.7 Å². The van der Waals surface area contributed by atoms with Crippen molar-refractivity contribution in [3.8, 4) is 5.75 Å². The van der Waals surface area contributed by atoms with Gasteiger partial charge in [0.15, 0.2) is 0 Å². The first-order valence-electron chi connectivity index (χ1n) is 8.82. The minimum absolute atomic E-state index is 0.388. The highest BCUT2D eigenvalue weighted by atomic mass is 16.5. The lowest BCUT2D eigenvalue weighted by atomic mass is 10.0. The quantitative estimate of drug-likeness (QED) is 0.850. The maximum atomic E-state index is 10.4. The largest absolute Gasteiger partial charge is 0.497 e. The minimum Gasteiger partial charge on any atom is -0.497 e. The molecule has 1 aliphatic rings. The van der Waals surface area contributed by atoms with Gasteiger partial charge in [-0.15, -0.1) is 0 Å². The summed E-state index contributed by atoms with van der Waals surface area (Å²) in [6, 6.07) is 18.0. The predicted octanol–water partition coefficient (Wildman–Crippen LogP) is 2.66. The fraction of sp³-hybridized carbons (Fsp3) is 0.273. The van der Waals surface area contributed by atoms with Crippen LogP contribution in [0.25, 0.3) is 6.08 Å². The lowest BCUT2D eigenvalue weighted by Crippen LogP contribution is -3.13. The molecule has 3 heteroatoms. The highest BCUT2D eigenvalue weighted by Crippen LogP contribution is 2.14. The Labute approximate surface area is 149 Å². The van der Waals surface area contributed by atoms with Gasteiger partial charge in [0.25, 0.3) is 0 Å². The molecule has 130 valence electrons. The summed E-state index contributed by atoms with van der Waals surface area (Å²) < 4.78 is 5.18. The number of benzene rings is 2. The molecule has 0 aliphatic carbocycles. The normalized spacial score (nSPS) is 18.8. The Balaban J connectivity index is 1.52. The van der Waals surface area contributed by atoms with Crippen molar-refractivity contribution in [2.24, 2.45) is 0 Å². The molecule has 0 spiro atoms. The van der Waals surface area contributed by atoms with E-state index >= 15 is 0 Å². The summed E-state index contributed by atoms with van der Waals surface area (Å²) in [5, 5.41) is 10.4. The van der Waals surface area contributed by atoms with Crippen molar-refractivity contribution >= 4 is 6.08 Å². The van der Waals surface area contributed by atoms with Gasteiger partial charge in [0.05, 0.1) is 20.2 Å². The van der Waals surface area contributed by atoms with Gasteiger partial charge in [0.2, 0.25) is 0 Å². The first-order chi connectivity index (χ1) is 12.2. The Kier molecular flexibility index (Phi) is 6.04. The number of aliphatic hydroxyl groups excluding tert-OH is 1. The standard InChI is InChI=1S/C22H25NO2/c1-25-21-11-9-18(10-12-21)7-8-19-13-15-23(16-14-19)17-22(24)20-5-3-2-4-6-20/h2-13,22,24H,14-17H2,1H3/p+1/b8-7+/t22-/m0/s1. The van der Waals surface area contributed by atoms with Crippen molar-refractivity contribution in [3.63, 3.8) is 0 Å². The van der Waals surface area contributed by atoms with E-state index < -0.39 is 0 Å². The van der Waals surface area contributed by atoms with E-state index in [4.69, 9.17) is 4.74 Å². The minimum atomic E-state index is -0.388. The molecule has 3 rings (SSSR count). The van der Waals surface area contributed by atoms with Crippen LogP contribution in [-0.4, -0.2) is 31.9 Å². The molecule has 0 bridgehead atoms. The summed E-state index contributed by atoms with van der Waals surface area (Å²) in [5.41, 5.74) is 3.55. The Hall–Kier alpha value is -2.36. The second-order valence-electron chi connectivity index (χ2n) is 6.47. The van der Waals surface area contributed by atoms with Gasteiger partial charge in [0.1, 0.15) is 18.4 Å². The summed E-state index contributed by atoms with van der Waals surface area (Å²) in [4.78, 5) is 1.43. The van der Waals surface area contributed by atoms with E-state index in [0.717, 1.165) is 37.4 Å². The predicted molar refractivity (Wildman–Crippen MR) is 102 cm³/mol. The van der Waals surface area contributed by atoms with Gasteiger partial charge < -0.3 is 14.7 Å². The van der Waals surface area contributed by atoms with E-state index in [9.17, 15) is 5.11 Å². The average molecular weight is 336 g/mol. The van der Waals surface area contributed by atoms with E-state index in [1.807, 2.05) is 42.5 Å². The number of ether oxygens (including phenoxy) is 1. The fourth-order valence-electron chi connectivity index (χ4n) is 3.12. The van der Waals surface area contributed by atoms with Crippen LogP contribution < -0.4 is 9.64 Å². The zero-order valence-corrected chi connectivity index (χ0v) is 14.7. The van der Waals surface area contributed by atoms with Crippen molar-refractivity contribution in [1.82, 2.24) is 0 Å².